The summed E-state index contributed by atoms with van der Waals surface area (Å²) in [6, 6.07) is 12.7. The Morgan fingerprint density at radius 1 is 0.583 bits per heavy atom. The zero-order valence-corrected chi connectivity index (χ0v) is 17.9. The Bertz CT molecular complexity index is 1370. The first-order valence-corrected chi connectivity index (χ1v) is 10.2. The Hall–Kier alpha value is -4.08. The summed E-state index contributed by atoms with van der Waals surface area (Å²) >= 11 is 0. The molecule has 0 fully saturated rings. The number of aromatic hydroxyl groups is 1. The lowest BCUT2D eigenvalue weighted by Gasteiger charge is -2.20. The second kappa shape index (κ2) is 9.18. The standard InChI is InChI=1S/C26H14F8O2/c27-21-11-15(14-1-6-18(35)7-2-14)3-10-20(21)16-12-22(28)24(23(29)13-16)26(33,34)36-19-8-4-17(5-9-19)25(30,31)32/h1-13,35H. The van der Waals surface area contributed by atoms with Crippen LogP contribution in [0.25, 0.3) is 22.3 Å². The lowest BCUT2D eigenvalue weighted by Crippen LogP contribution is -2.25. The van der Waals surface area contributed by atoms with Crippen molar-refractivity contribution in [3.63, 3.8) is 0 Å². The topological polar surface area (TPSA) is 29.5 Å². The van der Waals surface area contributed by atoms with E-state index in [0.29, 0.717) is 47.5 Å². The van der Waals surface area contributed by atoms with Crippen molar-refractivity contribution in [2.45, 2.75) is 12.3 Å². The van der Waals surface area contributed by atoms with E-state index in [1.165, 1.54) is 36.4 Å². The fourth-order valence-corrected chi connectivity index (χ4v) is 3.50. The number of halogens is 8. The van der Waals surface area contributed by atoms with Crippen LogP contribution in [0.2, 0.25) is 0 Å². The van der Waals surface area contributed by atoms with E-state index < -0.39 is 46.6 Å². The van der Waals surface area contributed by atoms with Crippen LogP contribution in [0.1, 0.15) is 11.1 Å². The molecule has 186 valence electrons. The van der Waals surface area contributed by atoms with Gasteiger partial charge < -0.3 is 9.84 Å². The third-order valence-corrected chi connectivity index (χ3v) is 5.24. The third kappa shape index (κ3) is 5.12. The molecule has 0 bridgehead atoms. The van der Waals surface area contributed by atoms with Gasteiger partial charge in [-0.3, -0.25) is 0 Å². The maximum Gasteiger partial charge on any atom is 0.432 e. The average molecular weight is 510 g/mol. The molecule has 4 aromatic carbocycles. The van der Waals surface area contributed by atoms with Crippen LogP contribution in [0, 0.1) is 17.5 Å². The number of benzene rings is 4. The van der Waals surface area contributed by atoms with Crippen LogP contribution in [0.15, 0.2) is 78.9 Å². The first kappa shape index (κ1) is 25.0. The van der Waals surface area contributed by atoms with Crippen molar-refractivity contribution in [1.29, 1.82) is 0 Å². The predicted molar refractivity (Wildman–Crippen MR) is 115 cm³/mol. The highest BCUT2D eigenvalue weighted by atomic mass is 19.4. The molecule has 0 saturated heterocycles. The summed E-state index contributed by atoms with van der Waals surface area (Å²) in [5.74, 6) is -5.14. The van der Waals surface area contributed by atoms with Crippen molar-refractivity contribution >= 4 is 0 Å². The molecule has 0 atom stereocenters. The lowest BCUT2D eigenvalue weighted by atomic mass is 9.98. The van der Waals surface area contributed by atoms with Crippen LogP contribution in [0.4, 0.5) is 35.1 Å². The van der Waals surface area contributed by atoms with E-state index in [-0.39, 0.29) is 16.9 Å². The quantitative estimate of drug-likeness (QED) is 0.274. The van der Waals surface area contributed by atoms with Crippen molar-refractivity contribution in [2.24, 2.45) is 0 Å². The van der Waals surface area contributed by atoms with Crippen molar-refractivity contribution in [1.82, 2.24) is 0 Å². The molecule has 36 heavy (non-hydrogen) atoms. The summed E-state index contributed by atoms with van der Waals surface area (Å²) in [7, 11) is 0. The number of ether oxygens (including phenoxy) is 1. The Morgan fingerprint density at radius 3 is 1.64 bits per heavy atom. The molecular weight excluding hydrogens is 496 g/mol. The number of rotatable bonds is 5. The lowest BCUT2D eigenvalue weighted by molar-refractivity contribution is -0.189. The van der Waals surface area contributed by atoms with Crippen LogP contribution in [-0.2, 0) is 12.3 Å². The molecule has 1 N–H and O–H groups in total. The highest BCUT2D eigenvalue weighted by molar-refractivity contribution is 5.71. The van der Waals surface area contributed by atoms with Crippen LogP contribution in [0.5, 0.6) is 11.5 Å². The largest absolute Gasteiger partial charge is 0.508 e. The summed E-state index contributed by atoms with van der Waals surface area (Å²) in [5, 5.41) is 9.36. The van der Waals surface area contributed by atoms with Gasteiger partial charge in [-0.1, -0.05) is 24.3 Å². The van der Waals surface area contributed by atoms with Crippen molar-refractivity contribution in [3.8, 4) is 33.8 Å². The van der Waals surface area contributed by atoms with Gasteiger partial charge in [-0.15, -0.1) is 0 Å². The Morgan fingerprint density at radius 2 is 1.11 bits per heavy atom. The third-order valence-electron chi connectivity index (χ3n) is 5.24. The highest BCUT2D eigenvalue weighted by Gasteiger charge is 2.41. The minimum absolute atomic E-state index is 0.000913. The van der Waals surface area contributed by atoms with E-state index in [1.807, 2.05) is 0 Å². The molecule has 0 unspecified atom stereocenters. The van der Waals surface area contributed by atoms with Gasteiger partial charge in [0.15, 0.2) is 0 Å². The smallest absolute Gasteiger partial charge is 0.432 e. The average Bonchev–Trinajstić information content (AvgIpc) is 2.78. The molecule has 10 heteroatoms. The van der Waals surface area contributed by atoms with Gasteiger partial charge in [0.25, 0.3) is 0 Å². The van der Waals surface area contributed by atoms with E-state index in [9.17, 15) is 40.2 Å². The molecule has 0 aliphatic carbocycles. The summed E-state index contributed by atoms with van der Waals surface area (Å²) in [5.41, 5.74) is -2.61. The summed E-state index contributed by atoms with van der Waals surface area (Å²) in [4.78, 5) is 0. The fraction of sp³-hybridized carbons (Fsp3) is 0.0769. The van der Waals surface area contributed by atoms with Gasteiger partial charge in [-0.2, -0.15) is 22.0 Å². The Kier molecular flexibility index (Phi) is 6.38. The van der Waals surface area contributed by atoms with Gasteiger partial charge in [0.2, 0.25) is 0 Å². The van der Waals surface area contributed by atoms with Crippen LogP contribution < -0.4 is 4.74 Å². The Balaban J connectivity index is 1.63. The van der Waals surface area contributed by atoms with Crippen molar-refractivity contribution in [2.75, 3.05) is 0 Å². The van der Waals surface area contributed by atoms with Crippen LogP contribution in [0.3, 0.4) is 0 Å². The van der Waals surface area contributed by atoms with E-state index in [0.717, 1.165) is 6.07 Å². The summed E-state index contributed by atoms with van der Waals surface area (Å²) < 4.78 is 115. The zero-order valence-electron chi connectivity index (χ0n) is 17.9. The maximum absolute atomic E-state index is 14.8. The van der Waals surface area contributed by atoms with Gasteiger partial charge >= 0.3 is 12.3 Å². The molecule has 0 aliphatic rings. The number of phenols is 1. The first-order valence-electron chi connectivity index (χ1n) is 10.2. The molecule has 0 radical (unpaired) electrons. The zero-order chi connectivity index (χ0) is 26.3. The Labute approximate surface area is 199 Å². The number of alkyl halides is 5. The normalized spacial score (nSPS) is 12.0. The molecule has 0 aromatic heterocycles. The van der Waals surface area contributed by atoms with E-state index in [1.54, 1.807) is 0 Å². The van der Waals surface area contributed by atoms with Gasteiger partial charge in [0.05, 0.1) is 5.56 Å². The molecule has 0 heterocycles. The SMILES string of the molecule is Oc1ccc(-c2ccc(-c3cc(F)c(C(F)(F)Oc4ccc(C(F)(F)F)cc4)c(F)c3)c(F)c2)cc1. The molecule has 2 nitrogen and oxygen atoms in total. The van der Waals surface area contributed by atoms with Crippen molar-refractivity contribution in [3.05, 3.63) is 107 Å². The molecule has 0 saturated carbocycles. The number of hydrogen-bond donors (Lipinski definition) is 1. The molecule has 0 amide bonds. The van der Waals surface area contributed by atoms with E-state index in [4.69, 9.17) is 0 Å². The second-order valence-corrected chi connectivity index (χ2v) is 7.70. The summed E-state index contributed by atoms with van der Waals surface area (Å²) in [6.07, 6.45) is -9.31. The fourth-order valence-electron chi connectivity index (χ4n) is 3.50. The molecule has 0 aliphatic heterocycles. The first-order chi connectivity index (χ1) is 16.8. The minimum atomic E-state index is -4.72. The molecule has 4 rings (SSSR count). The molecule has 0 spiro atoms. The molecule has 4 aromatic rings. The highest BCUT2D eigenvalue weighted by Crippen LogP contribution is 2.39. The van der Waals surface area contributed by atoms with Gasteiger partial charge in [0.1, 0.15) is 34.5 Å². The molecular formula is C26H14F8O2. The van der Waals surface area contributed by atoms with Crippen LogP contribution in [-0.4, -0.2) is 5.11 Å². The monoisotopic (exact) mass is 510 g/mol. The van der Waals surface area contributed by atoms with Gasteiger partial charge in [-0.05, 0) is 71.3 Å². The predicted octanol–water partition coefficient (Wildman–Crippen LogP) is 8.29. The van der Waals surface area contributed by atoms with Gasteiger partial charge in [0, 0.05) is 5.56 Å². The van der Waals surface area contributed by atoms with Crippen molar-refractivity contribution < 1.29 is 45.0 Å². The second-order valence-electron chi connectivity index (χ2n) is 7.70. The van der Waals surface area contributed by atoms with E-state index in [2.05, 4.69) is 4.74 Å². The minimum Gasteiger partial charge on any atom is -0.508 e. The van der Waals surface area contributed by atoms with E-state index >= 15 is 0 Å². The number of phenolic OH excluding ortho intramolecular Hbond substituents is 1. The maximum atomic E-state index is 14.8. The number of hydrogen-bond acceptors (Lipinski definition) is 2. The van der Waals surface area contributed by atoms with Crippen LogP contribution >= 0.6 is 0 Å². The summed E-state index contributed by atoms with van der Waals surface area (Å²) in [6.45, 7) is 0. The van der Waals surface area contributed by atoms with Gasteiger partial charge in [-0.25, -0.2) is 13.2 Å².